The minimum absolute atomic E-state index is 0.187. The summed E-state index contributed by atoms with van der Waals surface area (Å²) in [6.45, 7) is 3.96. The van der Waals surface area contributed by atoms with Crippen LogP contribution in [0.4, 0.5) is 0 Å². The molecule has 0 radical (unpaired) electrons. The lowest BCUT2D eigenvalue weighted by Crippen LogP contribution is -2.20. The Hall–Kier alpha value is -0.570. The number of carbonyl (C=O) groups is 1. The van der Waals surface area contributed by atoms with Gasteiger partial charge in [-0.15, -0.1) is 0 Å². The fourth-order valence-electron chi connectivity index (χ4n) is 1.74. The van der Waals surface area contributed by atoms with Crippen molar-refractivity contribution in [3.63, 3.8) is 0 Å². The average Bonchev–Trinajstić information content (AvgIpc) is 2.26. The zero-order valence-corrected chi connectivity index (χ0v) is 11.9. The summed E-state index contributed by atoms with van der Waals surface area (Å²) in [4.78, 5) is 13.0. The van der Waals surface area contributed by atoms with Crippen LogP contribution in [0.25, 0.3) is 0 Å². The van der Waals surface area contributed by atoms with E-state index >= 15 is 0 Å². The van der Waals surface area contributed by atoms with E-state index in [-0.39, 0.29) is 12.0 Å². The van der Waals surface area contributed by atoms with Gasteiger partial charge in [-0.25, -0.2) is 0 Å². The van der Waals surface area contributed by atoms with E-state index in [4.69, 9.17) is 0 Å². The Balaban J connectivity index is 3.27. The zero-order valence-electron chi connectivity index (χ0n) is 11.9. The van der Waals surface area contributed by atoms with Crippen molar-refractivity contribution < 1.29 is 9.90 Å². The second-order valence-corrected chi connectivity index (χ2v) is 5.31. The molecule has 0 heterocycles. The normalized spacial score (nSPS) is 14.4. The second-order valence-electron chi connectivity index (χ2n) is 5.31. The van der Waals surface area contributed by atoms with Gasteiger partial charge in [-0.3, -0.25) is 4.79 Å². The molecule has 0 aromatic heterocycles. The third-order valence-electron chi connectivity index (χ3n) is 3.37. The van der Waals surface area contributed by atoms with E-state index in [2.05, 4.69) is 6.92 Å². The van der Waals surface area contributed by atoms with Crippen LogP contribution < -0.4 is 0 Å². The van der Waals surface area contributed by atoms with E-state index < -0.39 is 0 Å². The largest absolute Gasteiger partial charge is 0.393 e. The van der Waals surface area contributed by atoms with Crippen molar-refractivity contribution in [3.05, 3.63) is 0 Å². The lowest BCUT2D eigenvalue weighted by atomic mass is 9.98. The smallest absolute Gasteiger partial charge is 0.222 e. The molecule has 3 heteroatoms. The Labute approximate surface area is 106 Å². The van der Waals surface area contributed by atoms with Gasteiger partial charge in [0.1, 0.15) is 0 Å². The Morgan fingerprint density at radius 2 is 1.59 bits per heavy atom. The summed E-state index contributed by atoms with van der Waals surface area (Å²) in [7, 11) is 3.61. The molecular formula is C14H29NO2. The number of carbonyl (C=O) groups excluding carboxylic acids is 1. The number of rotatable bonds is 9. The summed E-state index contributed by atoms with van der Waals surface area (Å²) in [5.41, 5.74) is 0. The van der Waals surface area contributed by atoms with E-state index in [1.165, 1.54) is 19.3 Å². The first-order chi connectivity index (χ1) is 7.95. The summed E-state index contributed by atoms with van der Waals surface area (Å²) < 4.78 is 0. The maximum atomic E-state index is 11.3. The Kier molecular flexibility index (Phi) is 9.14. The van der Waals surface area contributed by atoms with E-state index in [0.717, 1.165) is 19.3 Å². The predicted molar refractivity (Wildman–Crippen MR) is 71.9 cm³/mol. The highest BCUT2D eigenvalue weighted by Gasteiger charge is 2.07. The average molecular weight is 243 g/mol. The van der Waals surface area contributed by atoms with Crippen LogP contribution >= 0.6 is 0 Å². The van der Waals surface area contributed by atoms with Crippen molar-refractivity contribution >= 4 is 5.91 Å². The van der Waals surface area contributed by atoms with E-state index in [1.54, 1.807) is 19.0 Å². The van der Waals surface area contributed by atoms with E-state index in [0.29, 0.717) is 12.3 Å². The fourth-order valence-corrected chi connectivity index (χ4v) is 1.74. The highest BCUT2D eigenvalue weighted by Crippen LogP contribution is 2.14. The van der Waals surface area contributed by atoms with Crippen LogP contribution in [0.2, 0.25) is 0 Å². The maximum absolute atomic E-state index is 11.3. The van der Waals surface area contributed by atoms with Gasteiger partial charge >= 0.3 is 0 Å². The van der Waals surface area contributed by atoms with Gasteiger partial charge in [-0.2, -0.15) is 0 Å². The first kappa shape index (κ1) is 16.4. The molecule has 0 fully saturated rings. The zero-order chi connectivity index (χ0) is 13.3. The molecule has 0 spiro atoms. The first-order valence-electron chi connectivity index (χ1n) is 6.83. The Morgan fingerprint density at radius 3 is 2.12 bits per heavy atom. The molecule has 1 N–H and O–H groups in total. The van der Waals surface area contributed by atoms with Crippen LogP contribution in [0.5, 0.6) is 0 Å². The predicted octanol–water partition coefficient (Wildman–Crippen LogP) is 2.82. The standard InChI is InChI=1S/C14H29NO2/c1-12(13(2)16)10-8-6-5-7-9-11-14(17)15(3)4/h12-13,16H,5-11H2,1-4H3/t12-,13+/m1/s1. The molecule has 0 bridgehead atoms. The van der Waals surface area contributed by atoms with Crippen LogP contribution in [0, 0.1) is 5.92 Å². The highest BCUT2D eigenvalue weighted by atomic mass is 16.3. The van der Waals surface area contributed by atoms with Crippen molar-refractivity contribution in [1.82, 2.24) is 4.90 Å². The quantitative estimate of drug-likeness (QED) is 0.633. The number of aliphatic hydroxyl groups is 1. The number of hydrogen-bond donors (Lipinski definition) is 1. The van der Waals surface area contributed by atoms with Crippen LogP contribution in [-0.2, 0) is 4.79 Å². The molecule has 0 aromatic carbocycles. The number of amides is 1. The minimum atomic E-state index is -0.187. The topological polar surface area (TPSA) is 40.5 Å². The fraction of sp³-hybridized carbons (Fsp3) is 0.929. The maximum Gasteiger partial charge on any atom is 0.222 e. The van der Waals surface area contributed by atoms with Gasteiger partial charge in [0.2, 0.25) is 5.91 Å². The van der Waals surface area contributed by atoms with E-state index in [9.17, 15) is 9.90 Å². The van der Waals surface area contributed by atoms with Crippen LogP contribution in [0.3, 0.4) is 0 Å². The SMILES string of the molecule is C[C@H](O)[C@H](C)CCCCCCCC(=O)N(C)C. The molecule has 0 aliphatic carbocycles. The summed E-state index contributed by atoms with van der Waals surface area (Å²) in [6.07, 6.45) is 7.35. The number of aliphatic hydroxyl groups excluding tert-OH is 1. The first-order valence-corrected chi connectivity index (χ1v) is 6.83. The van der Waals surface area contributed by atoms with Crippen molar-refractivity contribution in [2.24, 2.45) is 5.92 Å². The lowest BCUT2D eigenvalue weighted by Gasteiger charge is -2.13. The highest BCUT2D eigenvalue weighted by molar-refractivity contribution is 5.75. The van der Waals surface area contributed by atoms with Crippen molar-refractivity contribution in [2.45, 2.75) is 64.9 Å². The Morgan fingerprint density at radius 1 is 1.06 bits per heavy atom. The monoisotopic (exact) mass is 243 g/mol. The van der Waals surface area contributed by atoms with Crippen molar-refractivity contribution in [2.75, 3.05) is 14.1 Å². The molecule has 17 heavy (non-hydrogen) atoms. The van der Waals surface area contributed by atoms with Gasteiger partial charge in [0.05, 0.1) is 6.10 Å². The molecule has 0 aliphatic rings. The molecule has 0 rings (SSSR count). The number of unbranched alkanes of at least 4 members (excludes halogenated alkanes) is 4. The van der Waals surface area contributed by atoms with Gasteiger partial charge < -0.3 is 10.0 Å². The van der Waals surface area contributed by atoms with Crippen molar-refractivity contribution in [1.29, 1.82) is 0 Å². The summed E-state index contributed by atoms with van der Waals surface area (Å²) in [5, 5.41) is 9.33. The molecule has 0 saturated carbocycles. The Bertz CT molecular complexity index is 202. The lowest BCUT2D eigenvalue weighted by molar-refractivity contribution is -0.128. The molecule has 102 valence electrons. The molecule has 0 aromatic rings. The van der Waals surface area contributed by atoms with Crippen molar-refractivity contribution in [3.8, 4) is 0 Å². The molecular weight excluding hydrogens is 214 g/mol. The second kappa shape index (κ2) is 9.46. The third-order valence-corrected chi connectivity index (χ3v) is 3.37. The molecule has 0 unspecified atom stereocenters. The van der Waals surface area contributed by atoms with Gasteiger partial charge in [-0.05, 0) is 25.7 Å². The van der Waals surface area contributed by atoms with Crippen LogP contribution in [0.1, 0.15) is 58.8 Å². The molecule has 3 nitrogen and oxygen atoms in total. The summed E-state index contributed by atoms with van der Waals surface area (Å²) in [6, 6.07) is 0. The molecule has 0 aliphatic heterocycles. The summed E-state index contributed by atoms with van der Waals surface area (Å²) >= 11 is 0. The van der Waals surface area contributed by atoms with Gasteiger partial charge in [0, 0.05) is 20.5 Å². The van der Waals surface area contributed by atoms with E-state index in [1.807, 2.05) is 6.92 Å². The number of nitrogens with zero attached hydrogens (tertiary/aromatic N) is 1. The minimum Gasteiger partial charge on any atom is -0.393 e. The van der Waals surface area contributed by atoms with Crippen LogP contribution in [0.15, 0.2) is 0 Å². The van der Waals surface area contributed by atoms with Crippen LogP contribution in [-0.4, -0.2) is 36.1 Å². The molecule has 2 atom stereocenters. The third kappa shape index (κ3) is 9.16. The van der Waals surface area contributed by atoms with Gasteiger partial charge in [0.25, 0.3) is 0 Å². The number of hydrogen-bond acceptors (Lipinski definition) is 2. The molecule has 1 amide bonds. The summed E-state index contributed by atoms with van der Waals surface area (Å²) in [5.74, 6) is 0.637. The van der Waals surface area contributed by atoms with Gasteiger partial charge in [0.15, 0.2) is 0 Å². The van der Waals surface area contributed by atoms with Gasteiger partial charge in [-0.1, -0.05) is 32.6 Å². The molecule has 0 saturated heterocycles.